The molecule has 1 amide bonds. The van der Waals surface area contributed by atoms with Crippen LogP contribution in [-0.2, 0) is 11.2 Å². The van der Waals surface area contributed by atoms with Gasteiger partial charge in [0.25, 0.3) is 0 Å². The van der Waals surface area contributed by atoms with Gasteiger partial charge in [-0.05, 0) is 31.5 Å². The number of rotatable bonds is 5. The van der Waals surface area contributed by atoms with Gasteiger partial charge < -0.3 is 10.6 Å². The Morgan fingerprint density at radius 2 is 2.17 bits per heavy atom. The maximum Gasteiger partial charge on any atom is 0.237 e. The topological polar surface area (TPSA) is 54.0 Å². The second-order valence-corrected chi connectivity index (χ2v) is 6.64. The molecule has 23 heavy (non-hydrogen) atoms. The minimum Gasteiger partial charge on any atom is -0.354 e. The van der Waals surface area contributed by atoms with Crippen LogP contribution in [0.4, 0.5) is 0 Å². The third kappa shape index (κ3) is 4.91. The highest BCUT2D eigenvalue weighted by Gasteiger charge is 2.21. The molecule has 3 rings (SSSR count). The third-order valence-corrected chi connectivity index (χ3v) is 4.89. The minimum atomic E-state index is -0.0138. The van der Waals surface area contributed by atoms with Crippen LogP contribution in [-0.4, -0.2) is 30.0 Å². The highest BCUT2D eigenvalue weighted by Crippen LogP contribution is 2.25. The van der Waals surface area contributed by atoms with Crippen LogP contribution in [0.25, 0.3) is 10.6 Å². The summed E-state index contributed by atoms with van der Waals surface area (Å²) in [6.45, 7) is 1.56. The van der Waals surface area contributed by atoms with E-state index < -0.39 is 0 Å². The van der Waals surface area contributed by atoms with E-state index in [1.807, 2.05) is 29.6 Å². The number of hydrogen-bond donors (Lipinski definition) is 2. The fraction of sp³-hybridized carbons (Fsp3) is 0.375. The van der Waals surface area contributed by atoms with Crippen molar-refractivity contribution in [1.29, 1.82) is 0 Å². The summed E-state index contributed by atoms with van der Waals surface area (Å²) in [5.41, 5.74) is 2.08. The molecular formula is C16H19Cl2N3OS. The molecular weight excluding hydrogens is 353 g/mol. The highest BCUT2D eigenvalue weighted by molar-refractivity contribution is 7.13. The molecule has 1 aromatic carbocycles. The second-order valence-electron chi connectivity index (χ2n) is 5.34. The van der Waals surface area contributed by atoms with Crippen LogP contribution < -0.4 is 10.6 Å². The molecule has 7 heteroatoms. The lowest BCUT2D eigenvalue weighted by Gasteiger charge is -2.10. The van der Waals surface area contributed by atoms with E-state index in [-0.39, 0.29) is 24.4 Å². The van der Waals surface area contributed by atoms with Crippen LogP contribution in [0.3, 0.4) is 0 Å². The lowest BCUT2D eigenvalue weighted by Crippen LogP contribution is -2.41. The summed E-state index contributed by atoms with van der Waals surface area (Å²) in [5.74, 6) is 0.102. The van der Waals surface area contributed by atoms with Gasteiger partial charge in [0.05, 0.1) is 11.7 Å². The summed E-state index contributed by atoms with van der Waals surface area (Å²) in [4.78, 5) is 16.5. The van der Waals surface area contributed by atoms with Gasteiger partial charge in [-0.3, -0.25) is 4.79 Å². The molecule has 124 valence electrons. The predicted octanol–water partition coefficient (Wildman–Crippen LogP) is 3.30. The number of benzene rings is 1. The number of halogens is 2. The first-order chi connectivity index (χ1) is 10.7. The van der Waals surface area contributed by atoms with Crippen molar-refractivity contribution in [3.63, 3.8) is 0 Å². The monoisotopic (exact) mass is 371 g/mol. The lowest BCUT2D eigenvalue weighted by atomic mass is 10.2. The molecule has 1 aliphatic heterocycles. The van der Waals surface area contributed by atoms with E-state index in [0.717, 1.165) is 47.1 Å². The average molecular weight is 372 g/mol. The van der Waals surface area contributed by atoms with Gasteiger partial charge in [-0.1, -0.05) is 23.7 Å². The molecule has 1 aromatic heterocycles. The van der Waals surface area contributed by atoms with Crippen molar-refractivity contribution in [1.82, 2.24) is 15.6 Å². The number of carbonyl (C=O) groups is 1. The average Bonchev–Trinajstić information content (AvgIpc) is 3.19. The van der Waals surface area contributed by atoms with Crippen molar-refractivity contribution in [3.05, 3.63) is 40.4 Å². The van der Waals surface area contributed by atoms with E-state index in [2.05, 4.69) is 15.6 Å². The van der Waals surface area contributed by atoms with Crippen molar-refractivity contribution < 1.29 is 4.79 Å². The maximum atomic E-state index is 11.9. The molecule has 4 nitrogen and oxygen atoms in total. The lowest BCUT2D eigenvalue weighted by molar-refractivity contribution is -0.122. The Kier molecular flexibility index (Phi) is 6.84. The molecule has 0 aliphatic carbocycles. The van der Waals surface area contributed by atoms with Crippen molar-refractivity contribution in [2.75, 3.05) is 13.1 Å². The first-order valence-electron chi connectivity index (χ1n) is 7.44. The number of aromatic nitrogens is 1. The van der Waals surface area contributed by atoms with Gasteiger partial charge in [-0.25, -0.2) is 4.98 Å². The van der Waals surface area contributed by atoms with E-state index in [1.54, 1.807) is 11.3 Å². The van der Waals surface area contributed by atoms with E-state index in [1.165, 1.54) is 0 Å². The van der Waals surface area contributed by atoms with Gasteiger partial charge in [-0.2, -0.15) is 0 Å². The first-order valence-corrected chi connectivity index (χ1v) is 8.69. The number of hydrogen-bond acceptors (Lipinski definition) is 4. The molecule has 1 aliphatic rings. The van der Waals surface area contributed by atoms with Gasteiger partial charge in [0.1, 0.15) is 5.01 Å². The zero-order valence-corrected chi connectivity index (χ0v) is 14.9. The van der Waals surface area contributed by atoms with Crippen molar-refractivity contribution in [2.45, 2.75) is 25.3 Å². The Hall–Kier alpha value is -1.14. The SMILES string of the molecule is Cl.O=C(NCCc1csc(-c2ccc(Cl)cc2)n1)C1CCCN1. The molecule has 0 saturated carbocycles. The van der Waals surface area contributed by atoms with Crippen molar-refractivity contribution in [2.24, 2.45) is 0 Å². The zero-order valence-electron chi connectivity index (χ0n) is 12.5. The summed E-state index contributed by atoms with van der Waals surface area (Å²) in [6.07, 6.45) is 2.76. The van der Waals surface area contributed by atoms with Crippen LogP contribution in [0.5, 0.6) is 0 Å². The number of amides is 1. The Balaban J connectivity index is 0.00000192. The normalized spacial score (nSPS) is 16.8. The van der Waals surface area contributed by atoms with Gasteiger partial charge >= 0.3 is 0 Å². The first kappa shape index (κ1) is 18.2. The fourth-order valence-corrected chi connectivity index (χ4v) is 3.48. The van der Waals surface area contributed by atoms with E-state index in [4.69, 9.17) is 11.6 Å². The van der Waals surface area contributed by atoms with E-state index in [9.17, 15) is 4.79 Å². The van der Waals surface area contributed by atoms with Gasteiger partial charge in [0.15, 0.2) is 0 Å². The number of thiazole rings is 1. The van der Waals surface area contributed by atoms with Gasteiger partial charge in [0.2, 0.25) is 5.91 Å². The van der Waals surface area contributed by atoms with Crippen LogP contribution in [0, 0.1) is 0 Å². The summed E-state index contributed by atoms with van der Waals surface area (Å²) < 4.78 is 0. The standard InChI is InChI=1S/C16H18ClN3OS.ClH/c17-12-5-3-11(4-6-12)16-20-13(10-22-16)7-9-19-15(21)14-2-1-8-18-14;/h3-6,10,14,18H,1-2,7-9H2,(H,19,21);1H. The van der Waals surface area contributed by atoms with E-state index in [0.29, 0.717) is 6.54 Å². The molecule has 0 radical (unpaired) electrons. The molecule has 2 aromatic rings. The molecule has 0 spiro atoms. The molecule has 2 N–H and O–H groups in total. The van der Waals surface area contributed by atoms with E-state index >= 15 is 0 Å². The number of nitrogens with one attached hydrogen (secondary N) is 2. The number of nitrogens with zero attached hydrogens (tertiary/aromatic N) is 1. The van der Waals surface area contributed by atoms with Crippen LogP contribution in [0.15, 0.2) is 29.6 Å². The summed E-state index contributed by atoms with van der Waals surface area (Å²) in [6, 6.07) is 7.66. The Labute approximate surface area is 151 Å². The second kappa shape index (κ2) is 8.64. The highest BCUT2D eigenvalue weighted by atomic mass is 35.5. The largest absolute Gasteiger partial charge is 0.354 e. The quantitative estimate of drug-likeness (QED) is 0.847. The van der Waals surface area contributed by atoms with Crippen LogP contribution in [0.1, 0.15) is 18.5 Å². The minimum absolute atomic E-state index is 0. The third-order valence-electron chi connectivity index (χ3n) is 3.70. The van der Waals surface area contributed by atoms with Crippen LogP contribution in [0.2, 0.25) is 5.02 Å². The van der Waals surface area contributed by atoms with Crippen LogP contribution >= 0.6 is 35.3 Å². The Bertz CT molecular complexity index is 639. The predicted molar refractivity (Wildman–Crippen MR) is 97.5 cm³/mol. The zero-order chi connectivity index (χ0) is 15.4. The fourth-order valence-electron chi connectivity index (χ4n) is 2.49. The molecule has 1 unspecified atom stereocenters. The molecule has 1 saturated heterocycles. The van der Waals surface area contributed by atoms with Gasteiger partial charge in [-0.15, -0.1) is 23.7 Å². The molecule has 1 fully saturated rings. The molecule has 2 heterocycles. The molecule has 1 atom stereocenters. The van der Waals surface area contributed by atoms with Crippen molar-refractivity contribution >= 4 is 41.3 Å². The maximum absolute atomic E-state index is 11.9. The van der Waals surface area contributed by atoms with Crippen molar-refractivity contribution in [3.8, 4) is 10.6 Å². The van der Waals surface area contributed by atoms with Gasteiger partial charge in [0, 0.05) is 28.9 Å². The summed E-state index contributed by atoms with van der Waals surface area (Å²) >= 11 is 7.51. The Morgan fingerprint density at radius 1 is 1.39 bits per heavy atom. The molecule has 0 bridgehead atoms. The summed E-state index contributed by atoms with van der Waals surface area (Å²) in [5, 5.41) is 9.93. The smallest absolute Gasteiger partial charge is 0.237 e. The summed E-state index contributed by atoms with van der Waals surface area (Å²) in [7, 11) is 0. The Morgan fingerprint density at radius 3 is 2.87 bits per heavy atom. The number of carbonyl (C=O) groups excluding carboxylic acids is 1.